The largest absolute Gasteiger partial charge is 0.467 e. The first kappa shape index (κ1) is 11.5. The molecule has 82 valence electrons. The molecule has 1 atom stereocenters. The minimum Gasteiger partial charge on any atom is -0.467 e. The Balaban J connectivity index is 2.26. The quantitative estimate of drug-likeness (QED) is 0.687. The van der Waals surface area contributed by atoms with Crippen LogP contribution in [0, 0.1) is 0 Å². The summed E-state index contributed by atoms with van der Waals surface area (Å²) in [6, 6.07) is 3.39. The van der Waals surface area contributed by atoms with Gasteiger partial charge in [-0.3, -0.25) is 4.79 Å². The van der Waals surface area contributed by atoms with Crippen LogP contribution in [-0.4, -0.2) is 18.5 Å². The van der Waals surface area contributed by atoms with E-state index in [2.05, 4.69) is 17.2 Å². The molecule has 0 saturated heterocycles. The van der Waals surface area contributed by atoms with Gasteiger partial charge >= 0.3 is 0 Å². The number of amides is 1. The van der Waals surface area contributed by atoms with Crippen molar-refractivity contribution >= 4 is 5.91 Å². The van der Waals surface area contributed by atoms with E-state index in [0.717, 1.165) is 5.76 Å². The van der Waals surface area contributed by atoms with Crippen molar-refractivity contribution < 1.29 is 9.21 Å². The molecule has 1 amide bonds. The molecule has 0 spiro atoms. The zero-order valence-corrected chi connectivity index (χ0v) is 8.82. The molecule has 1 heterocycles. The third kappa shape index (κ3) is 3.99. The summed E-state index contributed by atoms with van der Waals surface area (Å²) in [7, 11) is 0. The third-order valence-electron chi connectivity index (χ3n) is 1.98. The van der Waals surface area contributed by atoms with Gasteiger partial charge in [-0.1, -0.05) is 6.08 Å². The number of hydrogen-bond acceptors (Lipinski definition) is 3. The Hall–Kier alpha value is -1.55. The summed E-state index contributed by atoms with van der Waals surface area (Å²) in [5.41, 5.74) is 0. The van der Waals surface area contributed by atoms with E-state index in [1.54, 1.807) is 25.3 Å². The molecule has 0 aromatic carbocycles. The van der Waals surface area contributed by atoms with Crippen LogP contribution in [-0.2, 0) is 11.3 Å². The lowest BCUT2D eigenvalue weighted by Gasteiger charge is -2.11. The van der Waals surface area contributed by atoms with Gasteiger partial charge in [-0.25, -0.2) is 0 Å². The normalized spacial score (nSPS) is 12.1. The molecule has 0 aliphatic rings. The predicted octanol–water partition coefficient (Wildman–Crippen LogP) is 1.06. The van der Waals surface area contributed by atoms with E-state index in [0.29, 0.717) is 13.1 Å². The van der Waals surface area contributed by atoms with Crippen molar-refractivity contribution in [3.05, 3.63) is 36.8 Å². The summed E-state index contributed by atoms with van der Waals surface area (Å²) in [4.78, 5) is 11.5. The van der Waals surface area contributed by atoms with E-state index in [-0.39, 0.29) is 11.9 Å². The van der Waals surface area contributed by atoms with Crippen LogP contribution in [0.25, 0.3) is 0 Å². The minimum absolute atomic E-state index is 0.0479. The van der Waals surface area contributed by atoms with Crippen molar-refractivity contribution in [1.29, 1.82) is 0 Å². The lowest BCUT2D eigenvalue weighted by molar-refractivity contribution is -0.122. The second kappa shape index (κ2) is 6.03. The smallest absolute Gasteiger partial charge is 0.237 e. The van der Waals surface area contributed by atoms with Crippen LogP contribution in [0.1, 0.15) is 12.7 Å². The first-order valence-corrected chi connectivity index (χ1v) is 4.88. The number of carbonyl (C=O) groups excluding carboxylic acids is 1. The lowest BCUT2D eigenvalue weighted by Crippen LogP contribution is -2.41. The maximum Gasteiger partial charge on any atom is 0.237 e. The third-order valence-corrected chi connectivity index (χ3v) is 1.98. The van der Waals surface area contributed by atoms with Crippen LogP contribution in [0.4, 0.5) is 0 Å². The Morgan fingerprint density at radius 1 is 1.73 bits per heavy atom. The van der Waals surface area contributed by atoms with Gasteiger partial charge in [0.2, 0.25) is 5.91 Å². The standard InChI is InChI=1S/C11H16N2O2/c1-3-6-12-9(2)11(14)13-8-10-5-4-7-15-10/h3-5,7,9,12H,1,6,8H2,2H3,(H,13,14). The van der Waals surface area contributed by atoms with Gasteiger partial charge in [0.15, 0.2) is 0 Å². The van der Waals surface area contributed by atoms with Gasteiger partial charge in [-0.2, -0.15) is 0 Å². The Bertz CT molecular complexity index is 306. The SMILES string of the molecule is C=CCNC(C)C(=O)NCc1ccco1. The van der Waals surface area contributed by atoms with E-state index in [4.69, 9.17) is 4.42 Å². The monoisotopic (exact) mass is 208 g/mol. The molecule has 4 nitrogen and oxygen atoms in total. The molecule has 0 aliphatic heterocycles. The van der Waals surface area contributed by atoms with Crippen LogP contribution in [0.5, 0.6) is 0 Å². The summed E-state index contributed by atoms with van der Waals surface area (Å²) in [5, 5.41) is 5.77. The van der Waals surface area contributed by atoms with Gasteiger partial charge in [0.1, 0.15) is 5.76 Å². The highest BCUT2D eigenvalue weighted by molar-refractivity contribution is 5.81. The molecule has 1 unspecified atom stereocenters. The van der Waals surface area contributed by atoms with Crippen LogP contribution in [0.2, 0.25) is 0 Å². The van der Waals surface area contributed by atoms with Gasteiger partial charge in [0, 0.05) is 6.54 Å². The average Bonchev–Trinajstić information content (AvgIpc) is 2.75. The van der Waals surface area contributed by atoms with Gasteiger partial charge in [0.25, 0.3) is 0 Å². The van der Waals surface area contributed by atoms with Crippen molar-refractivity contribution in [3.63, 3.8) is 0 Å². The fourth-order valence-corrected chi connectivity index (χ4v) is 1.09. The van der Waals surface area contributed by atoms with Gasteiger partial charge in [0.05, 0.1) is 18.8 Å². The van der Waals surface area contributed by atoms with E-state index in [9.17, 15) is 4.79 Å². The molecule has 0 saturated carbocycles. The summed E-state index contributed by atoms with van der Waals surface area (Å²) < 4.78 is 5.09. The van der Waals surface area contributed by atoms with Crippen molar-refractivity contribution in [2.45, 2.75) is 19.5 Å². The highest BCUT2D eigenvalue weighted by atomic mass is 16.3. The summed E-state index contributed by atoms with van der Waals surface area (Å²) in [5.74, 6) is 0.701. The van der Waals surface area contributed by atoms with E-state index in [1.165, 1.54) is 0 Å². The van der Waals surface area contributed by atoms with Crippen molar-refractivity contribution in [1.82, 2.24) is 10.6 Å². The van der Waals surface area contributed by atoms with Gasteiger partial charge in [-0.15, -0.1) is 6.58 Å². The lowest BCUT2D eigenvalue weighted by atomic mass is 10.3. The fraction of sp³-hybridized carbons (Fsp3) is 0.364. The maximum absolute atomic E-state index is 11.5. The number of hydrogen-bond donors (Lipinski definition) is 2. The van der Waals surface area contributed by atoms with Crippen LogP contribution in [0.3, 0.4) is 0 Å². The zero-order chi connectivity index (χ0) is 11.1. The molecule has 15 heavy (non-hydrogen) atoms. The molecule has 0 radical (unpaired) electrons. The first-order chi connectivity index (χ1) is 7.24. The molecule has 1 aromatic rings. The number of nitrogens with one attached hydrogen (secondary N) is 2. The molecule has 0 bridgehead atoms. The summed E-state index contributed by atoms with van der Waals surface area (Å²) >= 11 is 0. The van der Waals surface area contributed by atoms with Crippen molar-refractivity contribution in [2.75, 3.05) is 6.54 Å². The molecular weight excluding hydrogens is 192 g/mol. The summed E-state index contributed by atoms with van der Waals surface area (Å²) in [6.45, 7) is 6.42. The second-order valence-corrected chi connectivity index (χ2v) is 3.22. The highest BCUT2D eigenvalue weighted by Crippen LogP contribution is 1.98. The van der Waals surface area contributed by atoms with Crippen LogP contribution < -0.4 is 10.6 Å². The molecule has 0 fully saturated rings. The van der Waals surface area contributed by atoms with Crippen molar-refractivity contribution in [2.24, 2.45) is 0 Å². The van der Waals surface area contributed by atoms with Crippen LogP contribution in [0.15, 0.2) is 35.5 Å². The summed E-state index contributed by atoms with van der Waals surface area (Å²) in [6.07, 6.45) is 3.30. The average molecular weight is 208 g/mol. The number of carbonyl (C=O) groups is 1. The molecule has 1 rings (SSSR count). The topological polar surface area (TPSA) is 54.3 Å². The van der Waals surface area contributed by atoms with Gasteiger partial charge < -0.3 is 15.1 Å². The number of furan rings is 1. The Labute approximate surface area is 89.4 Å². The highest BCUT2D eigenvalue weighted by Gasteiger charge is 2.10. The minimum atomic E-state index is -0.224. The first-order valence-electron chi connectivity index (χ1n) is 4.88. The Morgan fingerprint density at radius 3 is 3.13 bits per heavy atom. The fourth-order valence-electron chi connectivity index (χ4n) is 1.09. The molecule has 4 heteroatoms. The number of rotatable bonds is 6. The van der Waals surface area contributed by atoms with E-state index < -0.39 is 0 Å². The van der Waals surface area contributed by atoms with E-state index in [1.807, 2.05) is 6.07 Å². The zero-order valence-electron chi connectivity index (χ0n) is 8.82. The Morgan fingerprint density at radius 2 is 2.53 bits per heavy atom. The maximum atomic E-state index is 11.5. The molecular formula is C11H16N2O2. The van der Waals surface area contributed by atoms with E-state index >= 15 is 0 Å². The molecule has 1 aromatic heterocycles. The molecule has 0 aliphatic carbocycles. The van der Waals surface area contributed by atoms with Crippen LogP contribution >= 0.6 is 0 Å². The predicted molar refractivity (Wildman–Crippen MR) is 58.2 cm³/mol. The van der Waals surface area contributed by atoms with Gasteiger partial charge in [-0.05, 0) is 19.1 Å². The molecule has 2 N–H and O–H groups in total. The second-order valence-electron chi connectivity index (χ2n) is 3.22. The Kier molecular flexibility index (Phi) is 4.63. The van der Waals surface area contributed by atoms with Crippen molar-refractivity contribution in [3.8, 4) is 0 Å².